The van der Waals surface area contributed by atoms with Crippen LogP contribution < -0.4 is 10.1 Å². The van der Waals surface area contributed by atoms with Gasteiger partial charge in [-0.2, -0.15) is 0 Å². The molecule has 2 aliphatic carbocycles. The van der Waals surface area contributed by atoms with E-state index >= 15 is 0 Å². The van der Waals surface area contributed by atoms with E-state index in [1.54, 1.807) is 0 Å². The van der Waals surface area contributed by atoms with Crippen LogP contribution in [-0.4, -0.2) is 36.7 Å². The van der Waals surface area contributed by atoms with E-state index in [0.29, 0.717) is 6.10 Å². The number of para-hydroxylation sites is 2. The molecule has 2 fully saturated rings. The molecule has 19 heavy (non-hydrogen) atoms. The van der Waals surface area contributed by atoms with E-state index in [2.05, 4.69) is 28.4 Å². The first-order valence-corrected chi connectivity index (χ1v) is 7.62. The van der Waals surface area contributed by atoms with Gasteiger partial charge in [0.05, 0.1) is 12.2 Å². The highest BCUT2D eigenvalue weighted by molar-refractivity contribution is 5.57. The van der Waals surface area contributed by atoms with Crippen molar-refractivity contribution in [1.29, 1.82) is 0 Å². The number of rotatable bonds is 5. The zero-order valence-electron chi connectivity index (χ0n) is 11.3. The Kier molecular flexibility index (Phi) is 2.87. The highest BCUT2D eigenvalue weighted by Gasteiger charge is 2.35. The summed E-state index contributed by atoms with van der Waals surface area (Å²) in [6.07, 6.45) is 5.97. The third-order valence-corrected chi connectivity index (χ3v) is 4.39. The maximum absolute atomic E-state index is 6.14. The van der Waals surface area contributed by atoms with Gasteiger partial charge in [0.1, 0.15) is 11.9 Å². The van der Waals surface area contributed by atoms with Crippen molar-refractivity contribution in [3.05, 3.63) is 24.3 Å². The Balaban J connectivity index is 1.39. The first-order valence-electron chi connectivity index (χ1n) is 7.62. The zero-order chi connectivity index (χ0) is 12.7. The van der Waals surface area contributed by atoms with Gasteiger partial charge in [0.25, 0.3) is 0 Å². The molecule has 1 N–H and O–H groups in total. The lowest BCUT2D eigenvalue weighted by Crippen LogP contribution is -2.43. The van der Waals surface area contributed by atoms with Crippen LogP contribution in [0, 0.1) is 5.92 Å². The molecule has 1 aromatic carbocycles. The summed E-state index contributed by atoms with van der Waals surface area (Å²) >= 11 is 0. The van der Waals surface area contributed by atoms with Gasteiger partial charge >= 0.3 is 0 Å². The van der Waals surface area contributed by atoms with Crippen molar-refractivity contribution in [1.82, 2.24) is 4.90 Å². The molecule has 1 unspecified atom stereocenters. The Labute approximate surface area is 114 Å². The van der Waals surface area contributed by atoms with Crippen LogP contribution in [0.25, 0.3) is 0 Å². The van der Waals surface area contributed by atoms with Gasteiger partial charge in [-0.25, -0.2) is 0 Å². The number of nitrogens with one attached hydrogen (secondary N) is 1. The van der Waals surface area contributed by atoms with E-state index in [0.717, 1.165) is 36.5 Å². The predicted octanol–water partition coefficient (Wildman–Crippen LogP) is 2.73. The average Bonchev–Trinajstić information content (AvgIpc) is 3.30. The zero-order valence-corrected chi connectivity index (χ0v) is 11.3. The Morgan fingerprint density at radius 2 is 1.95 bits per heavy atom. The lowest BCUT2D eigenvalue weighted by Gasteiger charge is -2.32. The Hall–Kier alpha value is -1.22. The van der Waals surface area contributed by atoms with Crippen molar-refractivity contribution in [2.75, 3.05) is 25.0 Å². The van der Waals surface area contributed by atoms with Gasteiger partial charge in [0, 0.05) is 19.1 Å². The minimum absolute atomic E-state index is 0.300. The first kappa shape index (κ1) is 11.6. The van der Waals surface area contributed by atoms with Gasteiger partial charge < -0.3 is 10.1 Å². The van der Waals surface area contributed by atoms with Gasteiger partial charge in [-0.05, 0) is 43.7 Å². The Bertz CT molecular complexity index is 454. The second-order valence-corrected chi connectivity index (χ2v) is 6.25. The van der Waals surface area contributed by atoms with Crippen LogP contribution >= 0.6 is 0 Å². The third-order valence-electron chi connectivity index (χ3n) is 4.39. The Morgan fingerprint density at radius 3 is 2.74 bits per heavy atom. The second kappa shape index (κ2) is 4.71. The maximum atomic E-state index is 6.14. The van der Waals surface area contributed by atoms with E-state index in [9.17, 15) is 0 Å². The lowest BCUT2D eigenvalue weighted by molar-refractivity contribution is 0.127. The summed E-state index contributed by atoms with van der Waals surface area (Å²) in [5.41, 5.74) is 1.14. The van der Waals surface area contributed by atoms with Gasteiger partial charge in [-0.3, -0.25) is 4.90 Å². The van der Waals surface area contributed by atoms with E-state index in [4.69, 9.17) is 4.74 Å². The fourth-order valence-corrected chi connectivity index (χ4v) is 2.97. The van der Waals surface area contributed by atoms with E-state index in [1.807, 2.05) is 6.07 Å². The molecule has 0 bridgehead atoms. The van der Waals surface area contributed by atoms with Crippen molar-refractivity contribution in [2.45, 2.75) is 37.8 Å². The molecular weight excluding hydrogens is 236 g/mol. The minimum atomic E-state index is 0.300. The summed E-state index contributed by atoms with van der Waals surface area (Å²) in [5.74, 6) is 1.99. The number of fused-ring (bicyclic) bond motifs is 1. The molecule has 0 radical (unpaired) electrons. The predicted molar refractivity (Wildman–Crippen MR) is 76.7 cm³/mol. The molecule has 3 heteroatoms. The molecule has 4 rings (SSSR count). The molecule has 1 aliphatic heterocycles. The first-order chi connectivity index (χ1) is 9.38. The summed E-state index contributed by atoms with van der Waals surface area (Å²) in [4.78, 5) is 2.68. The molecule has 1 heterocycles. The number of ether oxygens (including phenoxy) is 1. The summed E-state index contributed by atoms with van der Waals surface area (Å²) in [7, 11) is 0. The van der Waals surface area contributed by atoms with Crippen LogP contribution in [0.1, 0.15) is 25.7 Å². The van der Waals surface area contributed by atoms with Crippen LogP contribution in [0.5, 0.6) is 5.75 Å². The van der Waals surface area contributed by atoms with Crippen molar-refractivity contribution < 1.29 is 4.74 Å². The number of benzene rings is 1. The highest BCUT2D eigenvalue weighted by Crippen LogP contribution is 2.35. The smallest absolute Gasteiger partial charge is 0.142 e. The standard InChI is InChI=1S/C16H22N2O/c1-2-4-16-15(3-1)17-9-14(19-16)11-18(13-7-8-13)10-12-5-6-12/h1-4,12-14,17H,5-11H2. The summed E-state index contributed by atoms with van der Waals surface area (Å²) in [5, 5.41) is 3.49. The maximum Gasteiger partial charge on any atom is 0.142 e. The number of hydrogen-bond acceptors (Lipinski definition) is 3. The van der Waals surface area contributed by atoms with Crippen LogP contribution in [0.3, 0.4) is 0 Å². The van der Waals surface area contributed by atoms with Crippen LogP contribution in [0.4, 0.5) is 5.69 Å². The molecule has 0 spiro atoms. The van der Waals surface area contributed by atoms with Crippen LogP contribution in [0.15, 0.2) is 24.3 Å². The van der Waals surface area contributed by atoms with Crippen molar-refractivity contribution in [2.24, 2.45) is 5.92 Å². The van der Waals surface area contributed by atoms with Crippen LogP contribution in [-0.2, 0) is 0 Å². The molecule has 0 saturated heterocycles. The lowest BCUT2D eigenvalue weighted by atomic mass is 10.2. The molecule has 1 atom stereocenters. The van der Waals surface area contributed by atoms with Crippen LogP contribution in [0.2, 0.25) is 0 Å². The summed E-state index contributed by atoms with van der Waals surface area (Å²) in [6.45, 7) is 3.32. The van der Waals surface area contributed by atoms with E-state index < -0.39 is 0 Å². The largest absolute Gasteiger partial charge is 0.485 e. The number of hydrogen-bond donors (Lipinski definition) is 1. The molecule has 3 aliphatic rings. The molecule has 0 aromatic heterocycles. The summed E-state index contributed by atoms with van der Waals surface area (Å²) in [6, 6.07) is 9.11. The molecule has 3 nitrogen and oxygen atoms in total. The van der Waals surface area contributed by atoms with Crippen molar-refractivity contribution in [3.8, 4) is 5.75 Å². The number of anilines is 1. The third kappa shape index (κ3) is 2.71. The minimum Gasteiger partial charge on any atom is -0.485 e. The van der Waals surface area contributed by atoms with E-state index in [1.165, 1.54) is 32.2 Å². The normalized spacial score (nSPS) is 25.6. The highest BCUT2D eigenvalue weighted by atomic mass is 16.5. The van der Waals surface area contributed by atoms with Crippen molar-refractivity contribution in [3.63, 3.8) is 0 Å². The molecule has 1 aromatic rings. The molecular formula is C16H22N2O. The fraction of sp³-hybridized carbons (Fsp3) is 0.625. The van der Waals surface area contributed by atoms with Gasteiger partial charge in [0.2, 0.25) is 0 Å². The van der Waals surface area contributed by atoms with Crippen molar-refractivity contribution >= 4 is 5.69 Å². The molecule has 0 amide bonds. The summed E-state index contributed by atoms with van der Waals surface area (Å²) < 4.78 is 6.14. The van der Waals surface area contributed by atoms with Gasteiger partial charge in [0.15, 0.2) is 0 Å². The van der Waals surface area contributed by atoms with Gasteiger partial charge in [-0.15, -0.1) is 0 Å². The van der Waals surface area contributed by atoms with Gasteiger partial charge in [-0.1, -0.05) is 12.1 Å². The number of nitrogens with zero attached hydrogens (tertiary/aromatic N) is 1. The van der Waals surface area contributed by atoms with E-state index in [-0.39, 0.29) is 0 Å². The molecule has 2 saturated carbocycles. The average molecular weight is 258 g/mol. The SMILES string of the molecule is c1ccc2c(c1)NCC(CN(CC1CC1)C1CC1)O2. The topological polar surface area (TPSA) is 24.5 Å². The Morgan fingerprint density at radius 1 is 1.11 bits per heavy atom. The monoisotopic (exact) mass is 258 g/mol. The fourth-order valence-electron chi connectivity index (χ4n) is 2.97. The molecule has 102 valence electrons. The second-order valence-electron chi connectivity index (χ2n) is 6.25. The quantitative estimate of drug-likeness (QED) is 0.879.